The Morgan fingerprint density at radius 1 is 1.16 bits per heavy atom. The van der Waals surface area contributed by atoms with E-state index in [1.807, 2.05) is 37.2 Å². The van der Waals surface area contributed by atoms with E-state index in [2.05, 4.69) is 26.7 Å². The third-order valence-corrected chi connectivity index (χ3v) is 7.93. The molecule has 260 valence electrons. The number of benzene rings is 2. The number of nitriles is 1. The molecule has 4 N–H and O–H groups in total. The normalized spacial score (nSPS) is 14.4. The van der Waals surface area contributed by atoms with E-state index in [0.29, 0.717) is 71.6 Å². The van der Waals surface area contributed by atoms with Crippen molar-refractivity contribution in [1.29, 1.82) is 5.26 Å². The molecule has 4 aromatic rings. The first-order chi connectivity index (χ1) is 24.2. The van der Waals surface area contributed by atoms with Gasteiger partial charge in [-0.15, -0.1) is 0 Å². The number of likely N-dealkylation sites (N-methyl/N-ethyl adjacent to an activating group) is 1. The average Bonchev–Trinajstić information content (AvgIpc) is 3.62. The third kappa shape index (κ3) is 9.67. The molecular weight excluding hydrogens is 662 g/mol. The summed E-state index contributed by atoms with van der Waals surface area (Å²) in [5.41, 5.74) is 8.43. The Morgan fingerprint density at radius 2 is 2.02 bits per heavy atom. The molecule has 1 atom stereocenters. The molecule has 2 amide bonds. The molecule has 2 aromatic heterocycles. The monoisotopic (exact) mass is 699 g/mol. The smallest absolute Gasteiger partial charge is 0.249 e. The number of primary amides is 1. The van der Waals surface area contributed by atoms with Crippen LogP contribution in [0.1, 0.15) is 23.2 Å². The van der Waals surface area contributed by atoms with E-state index in [-0.39, 0.29) is 36.0 Å². The first-order valence-electron chi connectivity index (χ1n) is 15.9. The van der Waals surface area contributed by atoms with Gasteiger partial charge in [-0.2, -0.15) is 5.26 Å². The van der Waals surface area contributed by atoms with Crippen molar-refractivity contribution in [3.63, 3.8) is 0 Å². The van der Waals surface area contributed by atoms with Gasteiger partial charge in [0.1, 0.15) is 30.3 Å². The minimum Gasteiger partial charge on any atom is -0.487 e. The molecule has 1 unspecified atom stereocenters. The van der Waals surface area contributed by atoms with E-state index >= 15 is 0 Å². The van der Waals surface area contributed by atoms with Crippen LogP contribution in [0.25, 0.3) is 16.5 Å². The van der Waals surface area contributed by atoms with E-state index in [1.165, 1.54) is 6.20 Å². The zero-order chi connectivity index (χ0) is 35.5. The van der Waals surface area contributed by atoms with Gasteiger partial charge in [-0.25, -0.2) is 0 Å². The summed E-state index contributed by atoms with van der Waals surface area (Å²) in [6, 6.07) is 16.2. The molecule has 0 bridgehead atoms. The number of hydrogen-bond donors (Lipinski definition) is 3. The van der Waals surface area contributed by atoms with Crippen molar-refractivity contribution >= 4 is 51.3 Å². The van der Waals surface area contributed by atoms with Gasteiger partial charge >= 0.3 is 0 Å². The molecule has 0 aliphatic carbocycles. The van der Waals surface area contributed by atoms with E-state index in [4.69, 9.17) is 36.3 Å². The summed E-state index contributed by atoms with van der Waals surface area (Å²) in [4.78, 5) is 36.6. The fourth-order valence-corrected chi connectivity index (χ4v) is 5.30. The summed E-state index contributed by atoms with van der Waals surface area (Å²) in [6.45, 7) is 2.90. The van der Waals surface area contributed by atoms with Crippen LogP contribution >= 0.6 is 11.6 Å². The Hall–Kier alpha value is -5.26. The van der Waals surface area contributed by atoms with Gasteiger partial charge in [0, 0.05) is 60.7 Å². The predicted octanol–water partition coefficient (Wildman–Crippen LogP) is 4.21. The summed E-state index contributed by atoms with van der Waals surface area (Å²) in [6.07, 6.45) is 4.61. The first kappa shape index (κ1) is 36.0. The quantitative estimate of drug-likeness (QED) is 0.113. The minimum absolute atomic E-state index is 0.0856. The molecule has 0 spiro atoms. The van der Waals surface area contributed by atoms with E-state index in [0.717, 1.165) is 18.3 Å². The van der Waals surface area contributed by atoms with Crippen molar-refractivity contribution in [2.45, 2.75) is 19.1 Å². The summed E-state index contributed by atoms with van der Waals surface area (Å²) in [5.74, 6) is -0.634. The van der Waals surface area contributed by atoms with E-state index in [1.54, 1.807) is 36.5 Å². The summed E-state index contributed by atoms with van der Waals surface area (Å²) < 4.78 is 23.2. The van der Waals surface area contributed by atoms with Gasteiger partial charge in [-0.3, -0.25) is 19.6 Å². The number of fused-ring (bicyclic) bond motifs is 1. The highest BCUT2D eigenvalue weighted by atomic mass is 35.5. The molecule has 1 aliphatic heterocycles. The lowest BCUT2D eigenvalue weighted by molar-refractivity contribution is -0.117. The lowest BCUT2D eigenvalue weighted by atomic mass is 9.98. The number of nitrogens with zero attached hydrogens (tertiary/aromatic N) is 4. The number of nitrogens with one attached hydrogen (secondary N) is 2. The van der Waals surface area contributed by atoms with Crippen LogP contribution in [0.15, 0.2) is 67.0 Å². The van der Waals surface area contributed by atoms with E-state index in [9.17, 15) is 14.9 Å². The Kier molecular flexibility index (Phi) is 12.5. The van der Waals surface area contributed by atoms with Crippen molar-refractivity contribution in [1.82, 2.24) is 20.2 Å². The van der Waals surface area contributed by atoms with Crippen LogP contribution in [0, 0.1) is 11.3 Å². The predicted molar refractivity (Wildman–Crippen MR) is 189 cm³/mol. The Labute approximate surface area is 294 Å². The fourth-order valence-electron chi connectivity index (χ4n) is 5.07. The number of amides is 2. The molecule has 1 saturated heterocycles. The van der Waals surface area contributed by atoms with Crippen molar-refractivity contribution in [2.75, 3.05) is 58.9 Å². The number of halogens is 1. The molecule has 50 heavy (non-hydrogen) atoms. The Balaban J connectivity index is 1.47. The van der Waals surface area contributed by atoms with Gasteiger partial charge in [-0.1, -0.05) is 17.7 Å². The van der Waals surface area contributed by atoms with Crippen LogP contribution in [0.5, 0.6) is 11.5 Å². The Bertz CT molecular complexity index is 1890. The second kappa shape index (κ2) is 17.4. The maximum Gasteiger partial charge on any atom is 0.249 e. The van der Waals surface area contributed by atoms with Crippen LogP contribution < -0.4 is 25.8 Å². The molecule has 1 fully saturated rings. The van der Waals surface area contributed by atoms with Crippen molar-refractivity contribution in [3.05, 3.63) is 88.8 Å². The zero-order valence-corrected chi connectivity index (χ0v) is 28.5. The maximum absolute atomic E-state index is 13.0. The van der Waals surface area contributed by atoms with Crippen molar-refractivity contribution < 1.29 is 28.5 Å². The molecular formula is C36H38ClN7O6. The number of carbonyl (C=O) groups excluding carboxylic acids is 2. The number of pyridine rings is 2. The third-order valence-electron chi connectivity index (χ3n) is 7.63. The average molecular weight is 700 g/mol. The van der Waals surface area contributed by atoms with Crippen molar-refractivity contribution in [3.8, 4) is 17.6 Å². The number of hydrogen-bond acceptors (Lipinski definition) is 11. The van der Waals surface area contributed by atoms with Gasteiger partial charge in [0.25, 0.3) is 0 Å². The minimum atomic E-state index is -0.846. The molecule has 14 heteroatoms. The van der Waals surface area contributed by atoms with Crippen LogP contribution in [0.4, 0.5) is 11.4 Å². The molecule has 2 aromatic carbocycles. The van der Waals surface area contributed by atoms with Crippen LogP contribution in [-0.4, -0.2) is 86.4 Å². The highest BCUT2D eigenvalue weighted by Crippen LogP contribution is 2.38. The fraction of sp³-hybridized carbons (Fsp3) is 0.306. The SMILES string of the molecule is CN(C)CCOCCNC(=O)/C=C(/C(N)=O)c1cc2c(Nc3ccc(OCc4ccccn4)c(Cl)c3)c(C#N)cnc2cc1OC1CCOC1. The second-order valence-electron chi connectivity index (χ2n) is 11.6. The van der Waals surface area contributed by atoms with Crippen LogP contribution in [0.2, 0.25) is 5.02 Å². The number of nitrogens with two attached hydrogens (primary N) is 1. The molecule has 13 nitrogen and oxygen atoms in total. The highest BCUT2D eigenvalue weighted by Gasteiger charge is 2.24. The van der Waals surface area contributed by atoms with Gasteiger partial charge in [0.15, 0.2) is 0 Å². The summed E-state index contributed by atoms with van der Waals surface area (Å²) >= 11 is 6.58. The number of rotatable bonds is 16. The molecule has 3 heterocycles. The number of ether oxygens (including phenoxy) is 4. The van der Waals surface area contributed by atoms with Gasteiger partial charge in [0.2, 0.25) is 11.8 Å². The topological polar surface area (TPSA) is 174 Å². The van der Waals surface area contributed by atoms with Gasteiger partial charge in [-0.05, 0) is 50.5 Å². The molecule has 0 saturated carbocycles. The summed E-state index contributed by atoms with van der Waals surface area (Å²) in [5, 5.41) is 16.9. The largest absolute Gasteiger partial charge is 0.487 e. The Morgan fingerprint density at radius 3 is 2.72 bits per heavy atom. The number of anilines is 2. The van der Waals surface area contributed by atoms with E-state index < -0.39 is 11.8 Å². The molecule has 1 aliphatic rings. The lowest BCUT2D eigenvalue weighted by Crippen LogP contribution is -2.28. The second-order valence-corrected chi connectivity index (χ2v) is 12.0. The summed E-state index contributed by atoms with van der Waals surface area (Å²) in [7, 11) is 3.88. The zero-order valence-electron chi connectivity index (χ0n) is 27.8. The standard InChI is InChI=1S/C36H38ClN7O6/c1-44(2)11-14-47-13-10-41-34(45)17-28(36(39)46)27-16-29-31(18-33(27)50-26-8-12-48-22-26)42-20-23(19-38)35(29)43-24-6-7-32(30(37)15-24)49-21-25-5-3-4-9-40-25/h3-7,9,15-18,20,26H,8,10-14,21-22H2,1-2H3,(H2,39,46)(H,41,45)(H,42,43)/b28-17+. The number of aromatic nitrogens is 2. The van der Waals surface area contributed by atoms with Crippen LogP contribution in [-0.2, 0) is 25.7 Å². The molecule has 5 rings (SSSR count). The number of carbonyl (C=O) groups is 2. The molecule has 0 radical (unpaired) electrons. The highest BCUT2D eigenvalue weighted by molar-refractivity contribution is 6.32. The van der Waals surface area contributed by atoms with Gasteiger partial charge in [0.05, 0.1) is 59.5 Å². The first-order valence-corrected chi connectivity index (χ1v) is 16.3. The van der Waals surface area contributed by atoms with Crippen LogP contribution in [0.3, 0.4) is 0 Å². The lowest BCUT2D eigenvalue weighted by Gasteiger charge is -2.19. The maximum atomic E-state index is 13.0. The van der Waals surface area contributed by atoms with Gasteiger partial charge < -0.3 is 40.2 Å². The van der Waals surface area contributed by atoms with Crippen molar-refractivity contribution in [2.24, 2.45) is 5.73 Å².